The fourth-order valence-electron chi connectivity index (χ4n) is 2.42. The van der Waals surface area contributed by atoms with E-state index in [0.717, 1.165) is 12.8 Å². The van der Waals surface area contributed by atoms with Crippen LogP contribution in [-0.2, 0) is 22.7 Å². The first-order valence-electron chi connectivity index (χ1n) is 6.89. The van der Waals surface area contributed by atoms with Crippen LogP contribution in [0.3, 0.4) is 0 Å². The predicted octanol–water partition coefficient (Wildman–Crippen LogP) is 1.75. The average molecular weight is 281 g/mol. The normalized spacial score (nSPS) is 22.6. The van der Waals surface area contributed by atoms with Gasteiger partial charge in [0.1, 0.15) is 5.82 Å². The molecule has 1 aromatic carbocycles. The third-order valence-corrected chi connectivity index (χ3v) is 3.70. The van der Waals surface area contributed by atoms with E-state index >= 15 is 0 Å². The monoisotopic (exact) mass is 281 g/mol. The molecule has 0 radical (unpaired) electrons. The van der Waals surface area contributed by atoms with E-state index in [1.807, 2.05) is 6.92 Å². The Labute approximate surface area is 117 Å². The molecule has 1 aromatic rings. The van der Waals surface area contributed by atoms with E-state index in [9.17, 15) is 9.18 Å². The first-order chi connectivity index (χ1) is 9.61. The fourth-order valence-corrected chi connectivity index (χ4v) is 2.42. The van der Waals surface area contributed by atoms with Gasteiger partial charge in [0, 0.05) is 18.7 Å². The number of carbonyl (C=O) groups excluding carboxylic acids is 1. The molecule has 2 rings (SSSR count). The summed E-state index contributed by atoms with van der Waals surface area (Å²) in [4.78, 5) is 12.1. The van der Waals surface area contributed by atoms with Crippen molar-refractivity contribution < 1.29 is 19.0 Å². The molecule has 0 aromatic heterocycles. The van der Waals surface area contributed by atoms with Crippen LogP contribution in [0.1, 0.15) is 30.9 Å². The van der Waals surface area contributed by atoms with Gasteiger partial charge >= 0.3 is 0 Å². The molecule has 20 heavy (non-hydrogen) atoms. The Bertz CT molecular complexity index is 478. The molecule has 1 saturated heterocycles. The summed E-state index contributed by atoms with van der Waals surface area (Å²) in [5.74, 6) is -0.636. The highest BCUT2D eigenvalue weighted by atomic mass is 19.1. The summed E-state index contributed by atoms with van der Waals surface area (Å²) in [6.45, 7) is 2.57. The van der Waals surface area contributed by atoms with Crippen molar-refractivity contribution >= 4 is 5.91 Å². The molecular weight excluding hydrogens is 261 g/mol. The van der Waals surface area contributed by atoms with Crippen molar-refractivity contribution in [3.63, 3.8) is 0 Å². The van der Waals surface area contributed by atoms with Gasteiger partial charge in [-0.1, -0.05) is 12.1 Å². The van der Waals surface area contributed by atoms with Crippen LogP contribution >= 0.6 is 0 Å². The van der Waals surface area contributed by atoms with Gasteiger partial charge in [0.05, 0.1) is 18.6 Å². The van der Waals surface area contributed by atoms with Gasteiger partial charge in [-0.2, -0.15) is 0 Å². The van der Waals surface area contributed by atoms with E-state index in [4.69, 9.17) is 9.84 Å². The van der Waals surface area contributed by atoms with Crippen LogP contribution in [0, 0.1) is 11.7 Å². The van der Waals surface area contributed by atoms with Gasteiger partial charge in [-0.25, -0.2) is 4.39 Å². The molecule has 2 atom stereocenters. The van der Waals surface area contributed by atoms with Crippen LogP contribution in [0.5, 0.6) is 0 Å². The molecule has 110 valence electrons. The van der Waals surface area contributed by atoms with Crippen molar-refractivity contribution in [2.75, 3.05) is 6.61 Å². The number of halogens is 1. The Morgan fingerprint density at radius 2 is 2.35 bits per heavy atom. The number of benzene rings is 1. The van der Waals surface area contributed by atoms with E-state index in [1.54, 1.807) is 6.07 Å². The van der Waals surface area contributed by atoms with Gasteiger partial charge < -0.3 is 15.2 Å². The van der Waals surface area contributed by atoms with Crippen molar-refractivity contribution in [2.45, 2.75) is 39.0 Å². The third kappa shape index (κ3) is 3.55. The fraction of sp³-hybridized carbons (Fsp3) is 0.533. The zero-order valence-electron chi connectivity index (χ0n) is 11.6. The highest BCUT2D eigenvalue weighted by molar-refractivity contribution is 5.79. The highest BCUT2D eigenvalue weighted by Crippen LogP contribution is 2.20. The van der Waals surface area contributed by atoms with Gasteiger partial charge in [-0.05, 0) is 31.4 Å². The summed E-state index contributed by atoms with van der Waals surface area (Å²) in [6, 6.07) is 4.57. The predicted molar refractivity (Wildman–Crippen MR) is 72.3 cm³/mol. The standard InChI is InChI=1S/C15H20FNO3/c1-10-13(3-2-6-20-10)15(19)17-8-11-4-5-12(9-18)14(16)7-11/h4-5,7,10,13,18H,2-3,6,8-9H2,1H3,(H,17,19)/t10-,13-/m1/s1. The SMILES string of the molecule is C[C@H]1OCCC[C@H]1C(=O)NCc1ccc(CO)c(F)c1. The van der Waals surface area contributed by atoms with Crippen LogP contribution in [0.2, 0.25) is 0 Å². The molecule has 1 heterocycles. The van der Waals surface area contributed by atoms with Gasteiger partial charge in [0.15, 0.2) is 0 Å². The second kappa shape index (κ2) is 6.81. The van der Waals surface area contributed by atoms with Crippen molar-refractivity contribution in [3.05, 3.63) is 35.1 Å². The zero-order chi connectivity index (χ0) is 14.5. The number of hydrogen-bond acceptors (Lipinski definition) is 3. The lowest BCUT2D eigenvalue weighted by Gasteiger charge is -2.28. The van der Waals surface area contributed by atoms with E-state index in [2.05, 4.69) is 5.32 Å². The van der Waals surface area contributed by atoms with Crippen LogP contribution in [0.4, 0.5) is 4.39 Å². The number of amides is 1. The van der Waals surface area contributed by atoms with Crippen molar-refractivity contribution in [2.24, 2.45) is 5.92 Å². The molecule has 1 amide bonds. The molecule has 0 saturated carbocycles. The molecule has 1 aliphatic rings. The van der Waals surface area contributed by atoms with Crippen molar-refractivity contribution in [1.29, 1.82) is 0 Å². The number of rotatable bonds is 4. The Morgan fingerprint density at radius 3 is 3.00 bits per heavy atom. The Hall–Kier alpha value is -1.46. The number of aliphatic hydroxyl groups excluding tert-OH is 1. The Morgan fingerprint density at radius 1 is 1.55 bits per heavy atom. The average Bonchev–Trinajstić information content (AvgIpc) is 2.45. The van der Waals surface area contributed by atoms with Gasteiger partial charge in [0.25, 0.3) is 0 Å². The number of hydrogen-bond donors (Lipinski definition) is 2. The lowest BCUT2D eigenvalue weighted by molar-refractivity contribution is -0.133. The summed E-state index contributed by atoms with van der Waals surface area (Å²) in [5.41, 5.74) is 0.937. The largest absolute Gasteiger partial charge is 0.392 e. The summed E-state index contributed by atoms with van der Waals surface area (Å²) in [5, 5.41) is 11.7. The molecule has 1 aliphatic heterocycles. The number of ether oxygens (including phenoxy) is 1. The summed E-state index contributed by atoms with van der Waals surface area (Å²) < 4.78 is 19.0. The van der Waals surface area contributed by atoms with Gasteiger partial charge in [0.2, 0.25) is 5.91 Å². The molecule has 0 aliphatic carbocycles. The number of nitrogens with one attached hydrogen (secondary N) is 1. The number of carbonyl (C=O) groups is 1. The van der Waals surface area contributed by atoms with Gasteiger partial charge in [-0.15, -0.1) is 0 Å². The van der Waals surface area contributed by atoms with E-state index in [0.29, 0.717) is 12.2 Å². The lowest BCUT2D eigenvalue weighted by Crippen LogP contribution is -2.39. The van der Waals surface area contributed by atoms with Crippen LogP contribution in [-0.4, -0.2) is 23.7 Å². The van der Waals surface area contributed by atoms with Crippen LogP contribution < -0.4 is 5.32 Å². The third-order valence-electron chi connectivity index (χ3n) is 3.70. The second-order valence-corrected chi connectivity index (χ2v) is 5.13. The smallest absolute Gasteiger partial charge is 0.225 e. The Kier molecular flexibility index (Phi) is 5.09. The summed E-state index contributed by atoms with van der Waals surface area (Å²) >= 11 is 0. The lowest BCUT2D eigenvalue weighted by atomic mass is 9.94. The molecule has 0 spiro atoms. The minimum atomic E-state index is -0.450. The van der Waals surface area contributed by atoms with Crippen LogP contribution in [0.25, 0.3) is 0 Å². The molecule has 0 unspecified atom stereocenters. The maximum Gasteiger partial charge on any atom is 0.225 e. The quantitative estimate of drug-likeness (QED) is 0.884. The molecule has 0 bridgehead atoms. The minimum absolute atomic E-state index is 0.0520. The van der Waals surface area contributed by atoms with Crippen molar-refractivity contribution in [3.8, 4) is 0 Å². The first-order valence-corrected chi connectivity index (χ1v) is 6.89. The topological polar surface area (TPSA) is 58.6 Å². The molecule has 2 N–H and O–H groups in total. The zero-order valence-corrected chi connectivity index (χ0v) is 11.6. The maximum absolute atomic E-state index is 13.5. The summed E-state index contributed by atoms with van der Waals surface area (Å²) in [6.07, 6.45) is 1.64. The highest BCUT2D eigenvalue weighted by Gasteiger charge is 2.28. The summed E-state index contributed by atoms with van der Waals surface area (Å²) in [7, 11) is 0. The number of aliphatic hydroxyl groups is 1. The first kappa shape index (κ1) is 14.9. The van der Waals surface area contributed by atoms with E-state index < -0.39 is 5.82 Å². The Balaban J connectivity index is 1.91. The molecule has 4 nitrogen and oxygen atoms in total. The molecule has 1 fully saturated rings. The van der Waals surface area contributed by atoms with Crippen LogP contribution in [0.15, 0.2) is 18.2 Å². The van der Waals surface area contributed by atoms with E-state index in [-0.39, 0.29) is 36.6 Å². The van der Waals surface area contributed by atoms with Crippen molar-refractivity contribution in [1.82, 2.24) is 5.32 Å². The van der Waals surface area contributed by atoms with Gasteiger partial charge in [-0.3, -0.25) is 4.79 Å². The maximum atomic E-state index is 13.5. The second-order valence-electron chi connectivity index (χ2n) is 5.13. The van der Waals surface area contributed by atoms with E-state index in [1.165, 1.54) is 12.1 Å². The molecular formula is C15H20FNO3. The molecule has 5 heteroatoms. The minimum Gasteiger partial charge on any atom is -0.392 e.